The zero-order chi connectivity index (χ0) is 15.3. The van der Waals surface area contributed by atoms with E-state index in [1.165, 1.54) is 6.07 Å². The lowest BCUT2D eigenvalue weighted by Gasteiger charge is -2.14. The molecule has 0 aliphatic heterocycles. The molecule has 0 aliphatic carbocycles. The van der Waals surface area contributed by atoms with Crippen molar-refractivity contribution in [1.82, 2.24) is 5.32 Å². The number of carboxylic acid groups (broad SMARTS) is 1. The molecule has 112 valence electrons. The standard InChI is InChI=1S/C13H16F3NO3/c1-8(2)17-6-9-3-10(13(14,15)16)5-11(4-9)20-7-12(18)19/h3-5,8,17H,6-7H2,1-2H3,(H,18,19). The highest BCUT2D eigenvalue weighted by atomic mass is 19.4. The fourth-order valence-corrected chi connectivity index (χ4v) is 1.48. The van der Waals surface area contributed by atoms with Crippen LogP contribution in [0.3, 0.4) is 0 Å². The Bertz CT molecular complexity index is 472. The second-order valence-corrected chi connectivity index (χ2v) is 4.58. The predicted octanol–water partition coefficient (Wildman–Crippen LogP) is 2.67. The Morgan fingerprint density at radius 1 is 1.35 bits per heavy atom. The summed E-state index contributed by atoms with van der Waals surface area (Å²) in [6.07, 6.45) is -4.50. The number of hydrogen-bond acceptors (Lipinski definition) is 3. The van der Waals surface area contributed by atoms with Gasteiger partial charge in [0.1, 0.15) is 5.75 Å². The normalized spacial score (nSPS) is 11.7. The van der Waals surface area contributed by atoms with Gasteiger partial charge in [-0.25, -0.2) is 4.79 Å². The maximum atomic E-state index is 12.8. The molecule has 1 rings (SSSR count). The van der Waals surface area contributed by atoms with E-state index in [0.29, 0.717) is 5.56 Å². The Balaban J connectivity index is 2.98. The molecule has 2 N–H and O–H groups in total. The first-order valence-electron chi connectivity index (χ1n) is 5.97. The molecule has 4 nitrogen and oxygen atoms in total. The van der Waals surface area contributed by atoms with Crippen LogP contribution in [0.25, 0.3) is 0 Å². The molecule has 0 atom stereocenters. The molecule has 0 aliphatic rings. The monoisotopic (exact) mass is 291 g/mol. The SMILES string of the molecule is CC(C)NCc1cc(OCC(=O)O)cc(C(F)(F)F)c1. The number of nitrogens with one attached hydrogen (secondary N) is 1. The average Bonchev–Trinajstić information content (AvgIpc) is 2.32. The summed E-state index contributed by atoms with van der Waals surface area (Å²) in [5.41, 5.74) is -0.477. The summed E-state index contributed by atoms with van der Waals surface area (Å²) in [5.74, 6) is -1.35. The minimum Gasteiger partial charge on any atom is -0.482 e. The molecule has 20 heavy (non-hydrogen) atoms. The van der Waals surface area contributed by atoms with E-state index in [1.54, 1.807) is 0 Å². The Hall–Kier alpha value is -1.76. The first kappa shape index (κ1) is 16.3. The summed E-state index contributed by atoms with van der Waals surface area (Å²) in [5, 5.41) is 11.5. The maximum absolute atomic E-state index is 12.8. The third kappa shape index (κ3) is 5.48. The number of hydrogen-bond donors (Lipinski definition) is 2. The lowest BCUT2D eigenvalue weighted by Crippen LogP contribution is -2.22. The number of rotatable bonds is 6. The molecule has 1 aromatic carbocycles. The van der Waals surface area contributed by atoms with Gasteiger partial charge < -0.3 is 15.2 Å². The largest absolute Gasteiger partial charge is 0.482 e. The molecular weight excluding hydrogens is 275 g/mol. The molecule has 0 bridgehead atoms. The average molecular weight is 291 g/mol. The van der Waals surface area contributed by atoms with E-state index in [-0.39, 0.29) is 18.3 Å². The third-order valence-electron chi connectivity index (χ3n) is 2.37. The zero-order valence-electron chi connectivity index (χ0n) is 11.1. The number of carboxylic acids is 1. The van der Waals surface area contributed by atoms with E-state index >= 15 is 0 Å². The fourth-order valence-electron chi connectivity index (χ4n) is 1.48. The van der Waals surface area contributed by atoms with Gasteiger partial charge in [-0.05, 0) is 23.8 Å². The van der Waals surface area contributed by atoms with E-state index in [4.69, 9.17) is 9.84 Å². The Morgan fingerprint density at radius 2 is 2.00 bits per heavy atom. The van der Waals surface area contributed by atoms with Crippen LogP contribution >= 0.6 is 0 Å². The summed E-state index contributed by atoms with van der Waals surface area (Å²) >= 11 is 0. The van der Waals surface area contributed by atoms with Gasteiger partial charge in [0.2, 0.25) is 0 Å². The van der Waals surface area contributed by atoms with Gasteiger partial charge in [-0.15, -0.1) is 0 Å². The van der Waals surface area contributed by atoms with Gasteiger partial charge in [0.25, 0.3) is 0 Å². The van der Waals surface area contributed by atoms with Crippen LogP contribution in [-0.2, 0) is 17.5 Å². The van der Waals surface area contributed by atoms with Crippen LogP contribution in [0.15, 0.2) is 18.2 Å². The van der Waals surface area contributed by atoms with Gasteiger partial charge in [-0.2, -0.15) is 13.2 Å². The summed E-state index contributed by atoms with van der Waals surface area (Å²) in [6.45, 7) is 3.30. The van der Waals surface area contributed by atoms with Crippen molar-refractivity contribution in [2.45, 2.75) is 32.6 Å². The van der Waals surface area contributed by atoms with Gasteiger partial charge in [0.15, 0.2) is 6.61 Å². The van der Waals surface area contributed by atoms with Crippen LogP contribution < -0.4 is 10.1 Å². The lowest BCUT2D eigenvalue weighted by atomic mass is 10.1. The molecule has 0 aromatic heterocycles. The number of carbonyl (C=O) groups is 1. The third-order valence-corrected chi connectivity index (χ3v) is 2.37. The van der Waals surface area contributed by atoms with Gasteiger partial charge in [0, 0.05) is 12.6 Å². The summed E-state index contributed by atoms with van der Waals surface area (Å²) < 4.78 is 43.1. The molecule has 0 heterocycles. The topological polar surface area (TPSA) is 58.6 Å². The van der Waals surface area contributed by atoms with Crippen molar-refractivity contribution >= 4 is 5.97 Å². The molecular formula is C13H16F3NO3. The number of ether oxygens (including phenoxy) is 1. The van der Waals surface area contributed by atoms with Crippen molar-refractivity contribution in [2.24, 2.45) is 0 Å². The molecule has 1 aromatic rings. The number of aliphatic carboxylic acids is 1. The summed E-state index contributed by atoms with van der Waals surface area (Å²) in [7, 11) is 0. The first-order chi connectivity index (χ1) is 9.18. The Kier molecular flexibility index (Phi) is 5.38. The fraction of sp³-hybridized carbons (Fsp3) is 0.462. The van der Waals surface area contributed by atoms with E-state index in [2.05, 4.69) is 5.32 Å². The van der Waals surface area contributed by atoms with Crippen molar-refractivity contribution in [2.75, 3.05) is 6.61 Å². The predicted molar refractivity (Wildman–Crippen MR) is 66.6 cm³/mol. The van der Waals surface area contributed by atoms with Crippen LogP contribution in [0.5, 0.6) is 5.75 Å². The zero-order valence-corrected chi connectivity index (χ0v) is 11.1. The molecule has 0 saturated carbocycles. The smallest absolute Gasteiger partial charge is 0.416 e. The van der Waals surface area contributed by atoms with Crippen molar-refractivity contribution < 1.29 is 27.8 Å². The number of benzene rings is 1. The molecule has 0 spiro atoms. The van der Waals surface area contributed by atoms with Gasteiger partial charge in [0.05, 0.1) is 5.56 Å². The van der Waals surface area contributed by atoms with E-state index < -0.39 is 24.3 Å². The molecule has 0 radical (unpaired) electrons. The van der Waals surface area contributed by atoms with Gasteiger partial charge in [-0.3, -0.25) is 0 Å². The van der Waals surface area contributed by atoms with Crippen LogP contribution in [0, 0.1) is 0 Å². The number of alkyl halides is 3. The van der Waals surface area contributed by atoms with E-state index in [9.17, 15) is 18.0 Å². The van der Waals surface area contributed by atoms with E-state index in [1.807, 2.05) is 13.8 Å². The lowest BCUT2D eigenvalue weighted by molar-refractivity contribution is -0.139. The Morgan fingerprint density at radius 3 is 2.50 bits per heavy atom. The summed E-state index contributed by atoms with van der Waals surface area (Å²) in [4.78, 5) is 10.4. The van der Waals surface area contributed by atoms with Gasteiger partial charge >= 0.3 is 12.1 Å². The molecule has 0 unspecified atom stereocenters. The van der Waals surface area contributed by atoms with E-state index in [0.717, 1.165) is 12.1 Å². The van der Waals surface area contributed by atoms with Crippen LogP contribution in [0.1, 0.15) is 25.0 Å². The summed E-state index contributed by atoms with van der Waals surface area (Å²) in [6, 6.07) is 3.33. The highest BCUT2D eigenvalue weighted by molar-refractivity contribution is 5.68. The highest BCUT2D eigenvalue weighted by Gasteiger charge is 2.31. The Labute approximate surface area is 114 Å². The highest BCUT2D eigenvalue weighted by Crippen LogP contribution is 2.32. The number of halogens is 3. The molecule has 0 saturated heterocycles. The van der Waals surface area contributed by atoms with Crippen LogP contribution in [0.2, 0.25) is 0 Å². The first-order valence-corrected chi connectivity index (χ1v) is 5.97. The molecule has 7 heteroatoms. The van der Waals surface area contributed by atoms with Crippen molar-refractivity contribution in [1.29, 1.82) is 0 Å². The second kappa shape index (κ2) is 6.60. The van der Waals surface area contributed by atoms with Crippen molar-refractivity contribution in [3.8, 4) is 5.75 Å². The van der Waals surface area contributed by atoms with Crippen LogP contribution in [-0.4, -0.2) is 23.7 Å². The van der Waals surface area contributed by atoms with Gasteiger partial charge in [-0.1, -0.05) is 13.8 Å². The molecule has 0 fully saturated rings. The van der Waals surface area contributed by atoms with Crippen molar-refractivity contribution in [3.63, 3.8) is 0 Å². The maximum Gasteiger partial charge on any atom is 0.416 e. The van der Waals surface area contributed by atoms with Crippen LogP contribution in [0.4, 0.5) is 13.2 Å². The minimum absolute atomic E-state index is 0.109. The molecule has 0 amide bonds. The second-order valence-electron chi connectivity index (χ2n) is 4.58. The van der Waals surface area contributed by atoms with Crippen molar-refractivity contribution in [3.05, 3.63) is 29.3 Å². The quantitative estimate of drug-likeness (QED) is 0.846. The minimum atomic E-state index is -4.50.